The minimum atomic E-state index is -5.11. The molecule has 1 atom stereocenters. The van der Waals surface area contributed by atoms with E-state index in [0.717, 1.165) is 6.07 Å². The van der Waals surface area contributed by atoms with Crippen LogP contribution in [-0.4, -0.2) is 47.4 Å². The van der Waals surface area contributed by atoms with Crippen molar-refractivity contribution in [2.24, 2.45) is 0 Å². The highest BCUT2D eigenvalue weighted by Gasteiger charge is 2.56. The van der Waals surface area contributed by atoms with E-state index in [9.17, 15) is 27.5 Å². The number of nitrogens with zero attached hydrogens (tertiary/aromatic N) is 2. The topological polar surface area (TPSA) is 82.8 Å². The third kappa shape index (κ3) is 5.08. The van der Waals surface area contributed by atoms with Crippen molar-refractivity contribution in [2.45, 2.75) is 18.7 Å². The summed E-state index contributed by atoms with van der Waals surface area (Å²) < 4.78 is 72.6. The molecule has 0 spiro atoms. The molecular formula is C26H22F4N2O5. The quantitative estimate of drug-likeness (QED) is 0.256. The molecule has 3 aromatic carbocycles. The molecular weight excluding hydrogens is 496 g/mol. The molecule has 0 fully saturated rings. The molecule has 0 amide bonds. The lowest BCUT2D eigenvalue weighted by molar-refractivity contribution is -0.275. The molecule has 0 aliphatic heterocycles. The number of fused-ring (bicyclic) bond motifs is 1. The Morgan fingerprint density at radius 1 is 1.03 bits per heavy atom. The number of esters is 1. The number of aliphatic hydroxyl groups is 1. The molecule has 194 valence electrons. The average Bonchev–Trinajstić information content (AvgIpc) is 3.30. The Balaban J connectivity index is 1.65. The number of aromatic nitrogens is 2. The van der Waals surface area contributed by atoms with Crippen LogP contribution in [-0.2, 0) is 10.3 Å². The van der Waals surface area contributed by atoms with Crippen molar-refractivity contribution in [3.8, 4) is 17.2 Å². The Morgan fingerprint density at radius 3 is 2.41 bits per heavy atom. The van der Waals surface area contributed by atoms with Gasteiger partial charge in [-0.15, -0.1) is 0 Å². The lowest BCUT2D eigenvalue weighted by Gasteiger charge is -2.31. The van der Waals surface area contributed by atoms with Gasteiger partial charge in [-0.2, -0.15) is 18.3 Å². The molecule has 1 unspecified atom stereocenters. The molecule has 1 N–H and O–H groups in total. The summed E-state index contributed by atoms with van der Waals surface area (Å²) in [6.45, 7) is 0.587. The molecule has 0 saturated heterocycles. The van der Waals surface area contributed by atoms with Crippen LogP contribution in [0.15, 0.2) is 66.9 Å². The van der Waals surface area contributed by atoms with E-state index in [2.05, 4.69) is 5.10 Å². The molecule has 1 aromatic heterocycles. The minimum Gasteiger partial charge on any atom is -0.493 e. The van der Waals surface area contributed by atoms with Gasteiger partial charge in [0.2, 0.25) is 5.60 Å². The fourth-order valence-corrected chi connectivity index (χ4v) is 3.72. The molecule has 37 heavy (non-hydrogen) atoms. The lowest BCUT2D eigenvalue weighted by Crippen LogP contribution is -2.47. The van der Waals surface area contributed by atoms with Crippen molar-refractivity contribution >= 4 is 16.9 Å². The Hall–Kier alpha value is -4.12. The largest absolute Gasteiger partial charge is 0.493 e. The number of carbonyl (C=O) groups is 1. The number of hydrogen-bond acceptors (Lipinski definition) is 6. The summed E-state index contributed by atoms with van der Waals surface area (Å²) in [4.78, 5) is 11.9. The van der Waals surface area contributed by atoms with Crippen molar-refractivity contribution in [3.63, 3.8) is 0 Å². The zero-order chi connectivity index (χ0) is 26.8. The Bertz CT molecular complexity index is 1420. The van der Waals surface area contributed by atoms with Crippen molar-refractivity contribution in [2.75, 3.05) is 20.3 Å². The van der Waals surface area contributed by atoms with E-state index in [1.807, 2.05) is 0 Å². The van der Waals surface area contributed by atoms with Gasteiger partial charge in [0, 0.05) is 5.39 Å². The summed E-state index contributed by atoms with van der Waals surface area (Å²) in [5.74, 6) is -1.19. The summed E-state index contributed by atoms with van der Waals surface area (Å²) in [5.41, 5.74) is -2.76. The highest BCUT2D eigenvalue weighted by Crippen LogP contribution is 2.41. The van der Waals surface area contributed by atoms with E-state index in [0.29, 0.717) is 16.6 Å². The third-order valence-electron chi connectivity index (χ3n) is 5.70. The van der Waals surface area contributed by atoms with E-state index >= 15 is 0 Å². The predicted octanol–water partition coefficient (Wildman–Crippen LogP) is 5.18. The summed E-state index contributed by atoms with van der Waals surface area (Å²) in [5, 5.41) is 15.3. The highest BCUT2D eigenvalue weighted by atomic mass is 19.4. The molecule has 4 aromatic rings. The first-order valence-corrected chi connectivity index (χ1v) is 11.1. The van der Waals surface area contributed by atoms with Crippen LogP contribution < -0.4 is 9.47 Å². The molecule has 11 heteroatoms. The van der Waals surface area contributed by atoms with Crippen LogP contribution in [0.3, 0.4) is 0 Å². The maximum absolute atomic E-state index is 14.2. The number of rotatable bonds is 8. The number of methoxy groups -OCH3 is 1. The number of benzene rings is 3. The fraction of sp³-hybridized carbons (Fsp3) is 0.231. The predicted molar refractivity (Wildman–Crippen MR) is 125 cm³/mol. The van der Waals surface area contributed by atoms with Gasteiger partial charge in [-0.05, 0) is 67.1 Å². The zero-order valence-corrected chi connectivity index (χ0v) is 19.8. The molecule has 7 nitrogen and oxygen atoms in total. The van der Waals surface area contributed by atoms with Crippen LogP contribution in [0.5, 0.6) is 11.5 Å². The molecule has 0 aliphatic rings. The van der Waals surface area contributed by atoms with Crippen molar-refractivity contribution in [1.29, 1.82) is 0 Å². The first-order valence-electron chi connectivity index (χ1n) is 11.1. The van der Waals surface area contributed by atoms with Crippen LogP contribution in [0.2, 0.25) is 0 Å². The van der Waals surface area contributed by atoms with Crippen LogP contribution in [0, 0.1) is 5.82 Å². The Morgan fingerprint density at radius 2 is 1.76 bits per heavy atom. The zero-order valence-electron chi connectivity index (χ0n) is 19.8. The maximum atomic E-state index is 14.2. The van der Waals surface area contributed by atoms with E-state index < -0.39 is 35.7 Å². The van der Waals surface area contributed by atoms with Gasteiger partial charge in [0.05, 0.1) is 36.7 Å². The van der Waals surface area contributed by atoms with E-state index in [-0.39, 0.29) is 23.7 Å². The second-order valence-corrected chi connectivity index (χ2v) is 8.04. The normalized spacial score (nSPS) is 13.3. The monoisotopic (exact) mass is 518 g/mol. The summed E-state index contributed by atoms with van der Waals surface area (Å²) in [7, 11) is 1.26. The smallest absolute Gasteiger partial charge is 0.424 e. The molecule has 0 bridgehead atoms. The lowest BCUT2D eigenvalue weighted by atomic mass is 9.93. The van der Waals surface area contributed by atoms with Gasteiger partial charge in [-0.25, -0.2) is 13.9 Å². The van der Waals surface area contributed by atoms with E-state index in [1.165, 1.54) is 72.6 Å². The number of halogens is 4. The first kappa shape index (κ1) is 26.0. The Labute approximate surface area is 208 Å². The number of hydrogen-bond donors (Lipinski definition) is 1. The van der Waals surface area contributed by atoms with Crippen LogP contribution in [0.1, 0.15) is 22.8 Å². The Kier molecular flexibility index (Phi) is 7.08. The van der Waals surface area contributed by atoms with Crippen LogP contribution in [0.4, 0.5) is 17.6 Å². The van der Waals surface area contributed by atoms with Crippen molar-refractivity contribution < 1.29 is 41.7 Å². The third-order valence-corrected chi connectivity index (χ3v) is 5.70. The number of alkyl halides is 3. The molecule has 4 rings (SSSR count). The van der Waals surface area contributed by atoms with Crippen molar-refractivity contribution in [3.05, 3.63) is 83.8 Å². The van der Waals surface area contributed by atoms with Gasteiger partial charge < -0.3 is 19.3 Å². The fourth-order valence-electron chi connectivity index (χ4n) is 3.72. The van der Waals surface area contributed by atoms with Crippen LogP contribution >= 0.6 is 0 Å². The van der Waals surface area contributed by atoms with E-state index in [4.69, 9.17) is 14.2 Å². The van der Waals surface area contributed by atoms with Gasteiger partial charge in [0.1, 0.15) is 12.4 Å². The second-order valence-electron chi connectivity index (χ2n) is 8.04. The molecule has 0 radical (unpaired) electrons. The molecule has 0 saturated carbocycles. The summed E-state index contributed by atoms with van der Waals surface area (Å²) in [6.07, 6.45) is -3.76. The number of carbonyl (C=O) groups excluding carboxylic acids is 1. The SMILES string of the molecule is CCOC(=O)c1ccc(OCC(O)(c2ccc3c(cnn3-c3ccc(F)cc3)c2)C(F)(F)F)c(OC)c1. The van der Waals surface area contributed by atoms with Gasteiger partial charge in [0.25, 0.3) is 0 Å². The van der Waals surface area contributed by atoms with Gasteiger partial charge >= 0.3 is 12.1 Å². The van der Waals surface area contributed by atoms with E-state index in [1.54, 1.807) is 6.92 Å². The van der Waals surface area contributed by atoms with Gasteiger partial charge in [0.15, 0.2) is 11.5 Å². The standard InChI is InChI=1S/C26H22F4N2O5/c1-3-36-24(33)16-4-11-22(23(13-16)35-2)37-15-25(34,26(28,29)30)18-5-10-21-17(12-18)14-31-32(21)20-8-6-19(27)7-9-20/h4-14,34H,3,15H2,1-2H3. The number of ether oxygens (including phenoxy) is 3. The van der Waals surface area contributed by atoms with Gasteiger partial charge in [-0.3, -0.25) is 0 Å². The summed E-state index contributed by atoms with van der Waals surface area (Å²) >= 11 is 0. The summed E-state index contributed by atoms with van der Waals surface area (Å²) in [6, 6.07) is 13.0. The average molecular weight is 518 g/mol. The van der Waals surface area contributed by atoms with Crippen molar-refractivity contribution in [1.82, 2.24) is 9.78 Å². The minimum absolute atomic E-state index is 0.00824. The highest BCUT2D eigenvalue weighted by molar-refractivity contribution is 5.90. The first-order chi connectivity index (χ1) is 17.6. The molecule has 0 aliphatic carbocycles. The second kappa shape index (κ2) is 10.1. The molecule has 1 heterocycles. The van der Waals surface area contributed by atoms with Crippen LogP contribution in [0.25, 0.3) is 16.6 Å². The maximum Gasteiger partial charge on any atom is 0.424 e. The van der Waals surface area contributed by atoms with Gasteiger partial charge in [-0.1, -0.05) is 6.07 Å².